The average molecular weight is 271 g/mol. The molecule has 110 valence electrons. The van der Waals surface area contributed by atoms with E-state index in [4.69, 9.17) is 5.11 Å². The second kappa shape index (κ2) is 7.99. The molecule has 0 atom stereocenters. The minimum Gasteiger partial charge on any atom is -0.481 e. The number of carbonyl (C=O) groups excluding carboxylic acids is 1. The van der Waals surface area contributed by atoms with E-state index in [0.717, 1.165) is 25.9 Å². The SMILES string of the molecule is CCN(CCC(=O)O)C(=O)N(CC)C1CCNCC1. The normalized spacial score (nSPS) is 16.1. The Labute approximate surface area is 114 Å². The summed E-state index contributed by atoms with van der Waals surface area (Å²) in [6.07, 6.45) is 1.94. The molecule has 1 saturated heterocycles. The summed E-state index contributed by atoms with van der Waals surface area (Å²) in [5, 5.41) is 12.0. The molecule has 2 amide bonds. The first-order valence-electron chi connectivity index (χ1n) is 7.08. The molecule has 1 aliphatic rings. The highest BCUT2D eigenvalue weighted by atomic mass is 16.4. The molecule has 6 heteroatoms. The molecule has 0 aromatic rings. The summed E-state index contributed by atoms with van der Waals surface area (Å²) < 4.78 is 0. The summed E-state index contributed by atoms with van der Waals surface area (Å²) in [5.74, 6) is -0.865. The van der Waals surface area contributed by atoms with Gasteiger partial charge in [-0.2, -0.15) is 0 Å². The number of carboxylic acids is 1. The Balaban J connectivity index is 2.60. The van der Waals surface area contributed by atoms with Crippen molar-refractivity contribution in [1.29, 1.82) is 0 Å². The first-order chi connectivity index (χ1) is 9.10. The van der Waals surface area contributed by atoms with Gasteiger partial charge < -0.3 is 20.2 Å². The zero-order chi connectivity index (χ0) is 14.3. The van der Waals surface area contributed by atoms with Gasteiger partial charge in [-0.3, -0.25) is 4.79 Å². The van der Waals surface area contributed by atoms with E-state index in [1.54, 1.807) is 4.90 Å². The molecule has 6 nitrogen and oxygen atoms in total. The van der Waals surface area contributed by atoms with E-state index in [9.17, 15) is 9.59 Å². The summed E-state index contributed by atoms with van der Waals surface area (Å²) in [4.78, 5) is 26.6. The topological polar surface area (TPSA) is 72.9 Å². The number of hydrogen-bond acceptors (Lipinski definition) is 3. The van der Waals surface area contributed by atoms with Gasteiger partial charge in [-0.1, -0.05) is 0 Å². The van der Waals surface area contributed by atoms with Gasteiger partial charge in [0.05, 0.1) is 6.42 Å². The number of amides is 2. The molecular weight excluding hydrogens is 246 g/mol. The lowest BCUT2D eigenvalue weighted by molar-refractivity contribution is -0.137. The Bertz CT molecular complexity index is 304. The third-order valence-electron chi connectivity index (χ3n) is 3.58. The fourth-order valence-electron chi connectivity index (χ4n) is 2.47. The molecular formula is C13H25N3O3. The smallest absolute Gasteiger partial charge is 0.320 e. The number of piperidine rings is 1. The molecule has 1 fully saturated rings. The quantitative estimate of drug-likeness (QED) is 0.755. The van der Waals surface area contributed by atoms with Crippen LogP contribution in [0.15, 0.2) is 0 Å². The van der Waals surface area contributed by atoms with E-state index in [1.807, 2.05) is 18.7 Å². The molecule has 0 spiro atoms. The third kappa shape index (κ3) is 4.70. The molecule has 0 aliphatic carbocycles. The highest BCUT2D eigenvalue weighted by Crippen LogP contribution is 2.14. The van der Waals surface area contributed by atoms with Crippen LogP contribution >= 0.6 is 0 Å². The van der Waals surface area contributed by atoms with Crippen LogP contribution in [0.1, 0.15) is 33.1 Å². The van der Waals surface area contributed by atoms with Crippen molar-refractivity contribution in [3.8, 4) is 0 Å². The van der Waals surface area contributed by atoms with Gasteiger partial charge in [0.2, 0.25) is 0 Å². The first kappa shape index (κ1) is 15.8. The number of rotatable bonds is 6. The van der Waals surface area contributed by atoms with Gasteiger partial charge in [0, 0.05) is 25.7 Å². The Morgan fingerprint density at radius 2 is 1.84 bits per heavy atom. The zero-order valence-corrected chi connectivity index (χ0v) is 11.9. The number of nitrogens with zero attached hydrogens (tertiary/aromatic N) is 2. The number of aliphatic carboxylic acids is 1. The van der Waals surface area contributed by atoms with Gasteiger partial charge in [0.15, 0.2) is 0 Å². The second-order valence-corrected chi connectivity index (χ2v) is 4.77. The molecule has 0 saturated carbocycles. The van der Waals surface area contributed by atoms with Crippen molar-refractivity contribution in [1.82, 2.24) is 15.1 Å². The second-order valence-electron chi connectivity index (χ2n) is 4.77. The summed E-state index contributed by atoms with van der Waals surface area (Å²) in [5.41, 5.74) is 0. The zero-order valence-electron chi connectivity index (χ0n) is 11.9. The van der Waals surface area contributed by atoms with E-state index in [0.29, 0.717) is 13.1 Å². The molecule has 1 heterocycles. The summed E-state index contributed by atoms with van der Waals surface area (Å²) in [6, 6.07) is 0.246. The van der Waals surface area contributed by atoms with Crippen LogP contribution in [0.2, 0.25) is 0 Å². The van der Waals surface area contributed by atoms with E-state index < -0.39 is 5.97 Å². The van der Waals surface area contributed by atoms with Gasteiger partial charge in [0.1, 0.15) is 0 Å². The van der Waals surface area contributed by atoms with Crippen molar-refractivity contribution in [2.75, 3.05) is 32.7 Å². The summed E-state index contributed by atoms with van der Waals surface area (Å²) in [7, 11) is 0. The maximum atomic E-state index is 12.5. The minimum absolute atomic E-state index is 0.00333. The number of carboxylic acid groups (broad SMARTS) is 1. The van der Waals surface area contributed by atoms with Crippen molar-refractivity contribution in [2.45, 2.75) is 39.2 Å². The highest BCUT2D eigenvalue weighted by molar-refractivity contribution is 5.75. The average Bonchev–Trinajstić information content (AvgIpc) is 2.41. The van der Waals surface area contributed by atoms with E-state index >= 15 is 0 Å². The lowest BCUT2D eigenvalue weighted by Crippen LogP contribution is -2.51. The highest BCUT2D eigenvalue weighted by Gasteiger charge is 2.27. The van der Waals surface area contributed by atoms with Crippen molar-refractivity contribution in [3.63, 3.8) is 0 Å². The van der Waals surface area contributed by atoms with Crippen molar-refractivity contribution in [2.24, 2.45) is 0 Å². The summed E-state index contributed by atoms with van der Waals surface area (Å²) in [6.45, 7) is 7.25. The monoisotopic (exact) mass is 271 g/mol. The van der Waals surface area contributed by atoms with Crippen LogP contribution in [0, 0.1) is 0 Å². The lowest BCUT2D eigenvalue weighted by Gasteiger charge is -2.37. The van der Waals surface area contributed by atoms with Crippen LogP contribution in [-0.2, 0) is 4.79 Å². The first-order valence-corrected chi connectivity index (χ1v) is 7.08. The summed E-state index contributed by atoms with van der Waals surface area (Å²) >= 11 is 0. The van der Waals surface area contributed by atoms with E-state index in [-0.39, 0.29) is 25.0 Å². The van der Waals surface area contributed by atoms with Crippen molar-refractivity contribution < 1.29 is 14.7 Å². The maximum absolute atomic E-state index is 12.5. The van der Waals surface area contributed by atoms with Gasteiger partial charge in [-0.15, -0.1) is 0 Å². The van der Waals surface area contributed by atoms with Gasteiger partial charge in [0.25, 0.3) is 0 Å². The molecule has 19 heavy (non-hydrogen) atoms. The Kier molecular flexibility index (Phi) is 6.62. The number of carbonyl (C=O) groups is 2. The molecule has 0 aromatic carbocycles. The Morgan fingerprint density at radius 3 is 2.32 bits per heavy atom. The van der Waals surface area contributed by atoms with Crippen molar-refractivity contribution >= 4 is 12.0 Å². The van der Waals surface area contributed by atoms with Crippen LogP contribution in [0.25, 0.3) is 0 Å². The molecule has 0 aromatic heterocycles. The number of nitrogens with one attached hydrogen (secondary N) is 1. The lowest BCUT2D eigenvalue weighted by atomic mass is 10.1. The molecule has 1 aliphatic heterocycles. The fourth-order valence-corrected chi connectivity index (χ4v) is 2.47. The molecule has 0 bridgehead atoms. The molecule has 1 rings (SSSR count). The third-order valence-corrected chi connectivity index (χ3v) is 3.58. The number of urea groups is 1. The molecule has 0 radical (unpaired) electrons. The van der Waals surface area contributed by atoms with E-state index in [2.05, 4.69) is 5.32 Å². The van der Waals surface area contributed by atoms with Gasteiger partial charge in [-0.25, -0.2) is 4.79 Å². The predicted molar refractivity (Wildman–Crippen MR) is 73.2 cm³/mol. The molecule has 2 N–H and O–H groups in total. The number of hydrogen-bond donors (Lipinski definition) is 2. The largest absolute Gasteiger partial charge is 0.481 e. The Morgan fingerprint density at radius 1 is 1.21 bits per heavy atom. The molecule has 0 unspecified atom stereocenters. The van der Waals surface area contributed by atoms with Crippen LogP contribution in [0.4, 0.5) is 4.79 Å². The van der Waals surface area contributed by atoms with Crippen molar-refractivity contribution in [3.05, 3.63) is 0 Å². The van der Waals surface area contributed by atoms with Crippen LogP contribution in [0.3, 0.4) is 0 Å². The van der Waals surface area contributed by atoms with Crippen LogP contribution < -0.4 is 5.32 Å². The minimum atomic E-state index is -0.865. The van der Waals surface area contributed by atoms with Crippen LogP contribution in [0.5, 0.6) is 0 Å². The van der Waals surface area contributed by atoms with Gasteiger partial charge in [-0.05, 0) is 39.8 Å². The fraction of sp³-hybridized carbons (Fsp3) is 0.846. The predicted octanol–water partition coefficient (Wildman–Crippen LogP) is 0.977. The van der Waals surface area contributed by atoms with E-state index in [1.165, 1.54) is 0 Å². The maximum Gasteiger partial charge on any atom is 0.320 e. The van der Waals surface area contributed by atoms with Crippen LogP contribution in [-0.4, -0.2) is 65.7 Å². The Hall–Kier alpha value is -1.30. The standard InChI is InChI=1S/C13H25N3O3/c1-3-15(10-7-12(17)18)13(19)16(4-2)11-5-8-14-9-6-11/h11,14H,3-10H2,1-2H3,(H,17,18). The van der Waals surface area contributed by atoms with Gasteiger partial charge >= 0.3 is 12.0 Å².